The lowest BCUT2D eigenvalue weighted by Gasteiger charge is -2.11. The minimum absolute atomic E-state index is 0.353. The van der Waals surface area contributed by atoms with Crippen LogP contribution in [0, 0.1) is 0 Å². The number of carboxylic acid groups (broad SMARTS) is 1. The number of hydrogen-bond acceptors (Lipinski definition) is 6. The summed E-state index contributed by atoms with van der Waals surface area (Å²) in [5.74, 6) is -0.00625. The number of aliphatic carboxylic acids is 1. The lowest BCUT2D eigenvalue weighted by molar-refractivity contribution is -0.137. The Labute approximate surface area is 153 Å². The zero-order chi connectivity index (χ0) is 18.7. The van der Waals surface area contributed by atoms with Crippen LogP contribution in [0.2, 0.25) is 0 Å². The quantitative estimate of drug-likeness (QED) is 0.683. The highest BCUT2D eigenvalue weighted by atomic mass is 32.1. The number of nitrogens with zero attached hydrogens (tertiary/aromatic N) is 2. The smallest absolute Gasteiger partial charge is 0.323 e. The summed E-state index contributed by atoms with van der Waals surface area (Å²) in [5.41, 5.74) is 1.18. The van der Waals surface area contributed by atoms with Crippen molar-refractivity contribution >= 4 is 27.5 Å². The van der Waals surface area contributed by atoms with Gasteiger partial charge in [0.05, 0.1) is 19.1 Å². The van der Waals surface area contributed by atoms with E-state index in [1.54, 1.807) is 14.2 Å². The Balaban J connectivity index is 2.21. The van der Waals surface area contributed by atoms with Gasteiger partial charge in [0.25, 0.3) is 5.56 Å². The Morgan fingerprint density at radius 3 is 2.85 bits per heavy atom. The molecule has 2 aromatic heterocycles. The van der Waals surface area contributed by atoms with E-state index in [-0.39, 0.29) is 5.56 Å². The van der Waals surface area contributed by atoms with Crippen LogP contribution in [-0.4, -0.2) is 41.5 Å². The van der Waals surface area contributed by atoms with Crippen LogP contribution in [0.15, 0.2) is 34.4 Å². The van der Waals surface area contributed by atoms with Crippen LogP contribution >= 0.6 is 11.3 Å². The van der Waals surface area contributed by atoms with E-state index in [0.717, 1.165) is 11.1 Å². The van der Waals surface area contributed by atoms with E-state index in [1.165, 1.54) is 15.9 Å². The second kappa shape index (κ2) is 7.67. The molecule has 3 aromatic rings. The van der Waals surface area contributed by atoms with Gasteiger partial charge in [0.1, 0.15) is 22.9 Å². The fraction of sp³-hybridized carbons (Fsp3) is 0.278. The van der Waals surface area contributed by atoms with Gasteiger partial charge in [-0.25, -0.2) is 4.98 Å². The summed E-state index contributed by atoms with van der Waals surface area (Å²) in [7, 11) is 3.12. The van der Waals surface area contributed by atoms with Crippen molar-refractivity contribution in [2.75, 3.05) is 20.8 Å². The zero-order valence-corrected chi connectivity index (χ0v) is 15.2. The molecule has 26 heavy (non-hydrogen) atoms. The fourth-order valence-electron chi connectivity index (χ4n) is 2.75. The molecule has 1 N–H and O–H groups in total. The summed E-state index contributed by atoms with van der Waals surface area (Å²) < 4.78 is 11.5. The van der Waals surface area contributed by atoms with E-state index in [9.17, 15) is 14.7 Å². The number of thiophene rings is 1. The number of carboxylic acids is 1. The molecule has 0 aliphatic carbocycles. The maximum atomic E-state index is 13.1. The average molecular weight is 374 g/mol. The molecule has 7 nitrogen and oxygen atoms in total. The Morgan fingerprint density at radius 1 is 1.35 bits per heavy atom. The van der Waals surface area contributed by atoms with Crippen LogP contribution in [-0.2, 0) is 22.5 Å². The summed E-state index contributed by atoms with van der Waals surface area (Å²) in [6.07, 6.45) is 0.362. The van der Waals surface area contributed by atoms with Crippen molar-refractivity contribution in [1.29, 1.82) is 0 Å². The van der Waals surface area contributed by atoms with Gasteiger partial charge in [-0.15, -0.1) is 11.3 Å². The average Bonchev–Trinajstić information content (AvgIpc) is 3.06. The lowest BCUT2D eigenvalue weighted by Crippen LogP contribution is -2.29. The van der Waals surface area contributed by atoms with Crippen molar-refractivity contribution in [3.05, 3.63) is 45.8 Å². The highest BCUT2D eigenvalue weighted by molar-refractivity contribution is 7.17. The molecule has 136 valence electrons. The maximum absolute atomic E-state index is 13.1. The van der Waals surface area contributed by atoms with Gasteiger partial charge in [-0.05, 0) is 17.7 Å². The van der Waals surface area contributed by atoms with Crippen LogP contribution in [0.4, 0.5) is 0 Å². The first kappa shape index (κ1) is 18.1. The molecule has 0 unspecified atom stereocenters. The molecule has 0 radical (unpaired) electrons. The van der Waals surface area contributed by atoms with Crippen molar-refractivity contribution in [1.82, 2.24) is 9.55 Å². The summed E-state index contributed by atoms with van der Waals surface area (Å²) in [4.78, 5) is 29.4. The molecule has 0 aliphatic heterocycles. The highest BCUT2D eigenvalue weighted by Gasteiger charge is 2.18. The molecule has 1 aromatic carbocycles. The zero-order valence-electron chi connectivity index (χ0n) is 14.4. The van der Waals surface area contributed by atoms with E-state index >= 15 is 0 Å². The van der Waals surface area contributed by atoms with Crippen LogP contribution in [0.5, 0.6) is 5.75 Å². The van der Waals surface area contributed by atoms with Gasteiger partial charge in [0, 0.05) is 24.5 Å². The Morgan fingerprint density at radius 2 is 2.15 bits per heavy atom. The Bertz CT molecular complexity index is 1010. The first-order valence-electron chi connectivity index (χ1n) is 7.91. The van der Waals surface area contributed by atoms with Crippen molar-refractivity contribution in [2.45, 2.75) is 13.0 Å². The number of hydrogen-bond donors (Lipinski definition) is 1. The topological polar surface area (TPSA) is 90.7 Å². The summed E-state index contributed by atoms with van der Waals surface area (Å²) >= 11 is 1.36. The maximum Gasteiger partial charge on any atom is 0.323 e. The van der Waals surface area contributed by atoms with E-state index in [2.05, 4.69) is 4.98 Å². The molecular formula is C18H18N2O5S. The number of rotatable bonds is 7. The van der Waals surface area contributed by atoms with Crippen molar-refractivity contribution in [3.8, 4) is 16.9 Å². The molecular weight excluding hydrogens is 356 g/mol. The van der Waals surface area contributed by atoms with Crippen LogP contribution in [0.3, 0.4) is 0 Å². The molecule has 0 spiro atoms. The second-order valence-corrected chi connectivity index (χ2v) is 6.48. The minimum atomic E-state index is -1.09. The molecule has 8 heteroatoms. The third-order valence-electron chi connectivity index (χ3n) is 3.98. The molecule has 0 bridgehead atoms. The molecule has 0 amide bonds. The number of aromatic nitrogens is 2. The minimum Gasteiger partial charge on any atom is -0.497 e. The van der Waals surface area contributed by atoms with E-state index in [1.807, 2.05) is 29.6 Å². The largest absolute Gasteiger partial charge is 0.497 e. The van der Waals surface area contributed by atoms with Gasteiger partial charge in [-0.1, -0.05) is 12.1 Å². The van der Waals surface area contributed by atoms with Gasteiger partial charge in [0.2, 0.25) is 0 Å². The highest BCUT2D eigenvalue weighted by Crippen LogP contribution is 2.32. The van der Waals surface area contributed by atoms with Gasteiger partial charge in [-0.3, -0.25) is 14.2 Å². The predicted octanol–water partition coefficient (Wildman–Crippen LogP) is 2.41. The first-order valence-corrected chi connectivity index (χ1v) is 8.79. The number of fused-ring (bicyclic) bond motifs is 1. The second-order valence-electron chi connectivity index (χ2n) is 5.62. The van der Waals surface area contributed by atoms with Crippen LogP contribution < -0.4 is 10.3 Å². The van der Waals surface area contributed by atoms with Gasteiger partial charge in [0.15, 0.2) is 0 Å². The molecule has 0 atom stereocenters. The first-order chi connectivity index (χ1) is 12.5. The van der Waals surface area contributed by atoms with Gasteiger partial charge < -0.3 is 14.6 Å². The fourth-order valence-corrected chi connectivity index (χ4v) is 3.71. The molecule has 2 heterocycles. The monoisotopic (exact) mass is 374 g/mol. The molecule has 3 rings (SSSR count). The number of benzene rings is 1. The number of carbonyl (C=O) groups is 1. The molecule has 0 saturated heterocycles. The lowest BCUT2D eigenvalue weighted by atomic mass is 10.1. The standard InChI is InChI=1S/C18H18N2O5S/c1-24-7-6-14-19-17-16(18(23)20(14)9-15(21)22)13(10-26-17)11-4-3-5-12(8-11)25-2/h3-5,8,10H,6-7,9H2,1-2H3,(H,21,22). The summed E-state index contributed by atoms with van der Waals surface area (Å²) in [5, 5.41) is 11.5. The number of methoxy groups -OCH3 is 2. The van der Waals surface area contributed by atoms with E-state index in [4.69, 9.17) is 9.47 Å². The molecule has 0 aliphatic rings. The third-order valence-corrected chi connectivity index (χ3v) is 4.85. The molecule has 0 fully saturated rings. The summed E-state index contributed by atoms with van der Waals surface area (Å²) in [6.45, 7) is -0.0834. The Hall–Kier alpha value is -2.71. The van der Waals surface area contributed by atoms with Crippen LogP contribution in [0.1, 0.15) is 5.82 Å². The predicted molar refractivity (Wildman–Crippen MR) is 99.1 cm³/mol. The Kier molecular flexibility index (Phi) is 5.34. The van der Waals surface area contributed by atoms with Crippen molar-refractivity contribution in [3.63, 3.8) is 0 Å². The van der Waals surface area contributed by atoms with Gasteiger partial charge in [-0.2, -0.15) is 0 Å². The normalized spacial score (nSPS) is 11.0. The van der Waals surface area contributed by atoms with Crippen LogP contribution in [0.25, 0.3) is 21.3 Å². The number of ether oxygens (including phenoxy) is 2. The molecule has 0 saturated carbocycles. The third kappa shape index (κ3) is 3.47. The summed E-state index contributed by atoms with van der Waals surface area (Å²) in [6, 6.07) is 7.38. The van der Waals surface area contributed by atoms with Crippen molar-refractivity contribution < 1.29 is 19.4 Å². The SMILES string of the molecule is COCCc1nc2scc(-c3cccc(OC)c3)c2c(=O)n1CC(=O)O. The van der Waals surface area contributed by atoms with E-state index < -0.39 is 12.5 Å². The van der Waals surface area contributed by atoms with E-state index in [0.29, 0.717) is 34.8 Å². The van der Waals surface area contributed by atoms with Crippen molar-refractivity contribution in [2.24, 2.45) is 0 Å². The van der Waals surface area contributed by atoms with Gasteiger partial charge >= 0.3 is 5.97 Å².